The van der Waals surface area contributed by atoms with E-state index >= 15 is 0 Å². The highest BCUT2D eigenvalue weighted by Gasteiger charge is 2.18. The summed E-state index contributed by atoms with van der Waals surface area (Å²) >= 11 is 0. The van der Waals surface area contributed by atoms with E-state index in [0.717, 1.165) is 24.1 Å². The van der Waals surface area contributed by atoms with Crippen LogP contribution in [0.15, 0.2) is 78.9 Å². The fraction of sp³-hybridized carbons (Fsp3) is 0.214. The van der Waals surface area contributed by atoms with Crippen LogP contribution in [0.25, 0.3) is 5.57 Å². The number of nitrogens with zero attached hydrogens (tertiary/aromatic N) is 1. The molecule has 0 spiro atoms. The molecule has 6 heteroatoms. The Hall–Kier alpha value is -3.90. The lowest BCUT2D eigenvalue weighted by molar-refractivity contribution is -0.117. The molecule has 1 aliphatic rings. The summed E-state index contributed by atoms with van der Waals surface area (Å²) in [5, 5.41) is 15.3. The van der Waals surface area contributed by atoms with Crippen LogP contribution in [0.4, 0.5) is 5.69 Å². The van der Waals surface area contributed by atoms with Gasteiger partial charge in [0.25, 0.3) is 5.91 Å². The molecule has 6 nitrogen and oxygen atoms in total. The van der Waals surface area contributed by atoms with Crippen molar-refractivity contribution in [2.45, 2.75) is 19.9 Å². The number of aryl methyl sites for hydroxylation is 1. The summed E-state index contributed by atoms with van der Waals surface area (Å²) < 4.78 is 0. The van der Waals surface area contributed by atoms with Crippen molar-refractivity contribution >= 4 is 23.1 Å². The number of anilines is 1. The molecule has 0 unspecified atom stereocenters. The van der Waals surface area contributed by atoms with Crippen LogP contribution in [-0.2, 0) is 11.3 Å². The topological polar surface area (TPSA) is 81.7 Å². The highest BCUT2D eigenvalue weighted by molar-refractivity contribution is 6.04. The van der Waals surface area contributed by atoms with E-state index in [1.54, 1.807) is 36.4 Å². The van der Waals surface area contributed by atoms with E-state index in [9.17, 15) is 14.7 Å². The first-order valence-electron chi connectivity index (χ1n) is 11.4. The number of amides is 2. The quantitative estimate of drug-likeness (QED) is 0.495. The van der Waals surface area contributed by atoms with Gasteiger partial charge in [0.15, 0.2) is 0 Å². The smallest absolute Gasteiger partial charge is 0.253 e. The van der Waals surface area contributed by atoms with Crippen molar-refractivity contribution in [3.63, 3.8) is 0 Å². The molecule has 1 aliphatic heterocycles. The van der Waals surface area contributed by atoms with Crippen molar-refractivity contribution in [1.29, 1.82) is 0 Å². The lowest BCUT2D eigenvalue weighted by Crippen LogP contribution is -2.36. The fourth-order valence-corrected chi connectivity index (χ4v) is 3.96. The zero-order chi connectivity index (χ0) is 23.9. The number of phenolic OH excluding ortho intramolecular Hbond substituents is 1. The average Bonchev–Trinajstić information content (AvgIpc) is 2.85. The monoisotopic (exact) mass is 455 g/mol. The predicted octanol–water partition coefficient (Wildman–Crippen LogP) is 4.36. The highest BCUT2D eigenvalue weighted by Crippen LogP contribution is 2.24. The van der Waals surface area contributed by atoms with Crippen molar-refractivity contribution in [2.24, 2.45) is 0 Å². The molecule has 0 aliphatic carbocycles. The summed E-state index contributed by atoms with van der Waals surface area (Å²) in [5.74, 6) is -0.126. The van der Waals surface area contributed by atoms with Gasteiger partial charge in [-0.3, -0.25) is 14.5 Å². The summed E-state index contributed by atoms with van der Waals surface area (Å²) in [6, 6.07) is 22.2. The molecule has 0 bridgehead atoms. The molecule has 3 N–H and O–H groups in total. The molecule has 2 amide bonds. The van der Waals surface area contributed by atoms with Crippen LogP contribution < -0.4 is 10.6 Å². The number of para-hydroxylation sites is 1. The van der Waals surface area contributed by atoms with Crippen LogP contribution in [-0.4, -0.2) is 41.5 Å². The number of hydrogen-bond acceptors (Lipinski definition) is 4. The van der Waals surface area contributed by atoms with Crippen LogP contribution in [0.3, 0.4) is 0 Å². The Balaban J connectivity index is 1.32. The zero-order valence-electron chi connectivity index (χ0n) is 19.3. The third kappa shape index (κ3) is 6.11. The summed E-state index contributed by atoms with van der Waals surface area (Å²) in [6.07, 6.45) is 2.95. The van der Waals surface area contributed by atoms with Gasteiger partial charge in [-0.1, -0.05) is 60.2 Å². The fourth-order valence-electron chi connectivity index (χ4n) is 3.96. The van der Waals surface area contributed by atoms with Crippen molar-refractivity contribution < 1.29 is 14.7 Å². The summed E-state index contributed by atoms with van der Waals surface area (Å²) in [6.45, 7) is 4.13. The van der Waals surface area contributed by atoms with Gasteiger partial charge in [-0.15, -0.1) is 0 Å². The molecular weight excluding hydrogens is 426 g/mol. The second-order valence-corrected chi connectivity index (χ2v) is 8.52. The molecule has 1 heterocycles. The number of nitrogens with one attached hydrogen (secondary N) is 2. The third-order valence-electron chi connectivity index (χ3n) is 5.92. The maximum atomic E-state index is 12.8. The van der Waals surface area contributed by atoms with E-state index in [0.29, 0.717) is 24.3 Å². The lowest BCUT2D eigenvalue weighted by atomic mass is 9.99. The van der Waals surface area contributed by atoms with Crippen molar-refractivity contribution in [1.82, 2.24) is 10.2 Å². The van der Waals surface area contributed by atoms with Crippen molar-refractivity contribution in [2.75, 3.05) is 25.0 Å². The number of phenols is 1. The van der Waals surface area contributed by atoms with E-state index in [-0.39, 0.29) is 24.1 Å². The molecule has 174 valence electrons. The predicted molar refractivity (Wildman–Crippen MR) is 135 cm³/mol. The number of aromatic hydroxyl groups is 1. The zero-order valence-corrected chi connectivity index (χ0v) is 19.3. The maximum absolute atomic E-state index is 12.8. The molecule has 4 rings (SSSR count). The molecule has 3 aromatic carbocycles. The van der Waals surface area contributed by atoms with Crippen LogP contribution >= 0.6 is 0 Å². The first-order valence-corrected chi connectivity index (χ1v) is 11.4. The van der Waals surface area contributed by atoms with E-state index in [2.05, 4.69) is 21.6 Å². The van der Waals surface area contributed by atoms with Crippen LogP contribution in [0.2, 0.25) is 0 Å². The molecule has 0 atom stereocenters. The van der Waals surface area contributed by atoms with E-state index in [4.69, 9.17) is 0 Å². The Morgan fingerprint density at radius 3 is 2.41 bits per heavy atom. The SMILES string of the molecule is Cc1ccc(CNC(=O)c2ccccc2NC(=O)CN2CC=C(c3ccc(O)cc3)CC2)cc1. The largest absolute Gasteiger partial charge is 0.508 e. The minimum atomic E-state index is -0.226. The van der Waals surface area contributed by atoms with Crippen molar-refractivity contribution in [3.05, 3.63) is 101 Å². The Morgan fingerprint density at radius 1 is 0.971 bits per heavy atom. The maximum Gasteiger partial charge on any atom is 0.253 e. The van der Waals surface area contributed by atoms with Gasteiger partial charge >= 0.3 is 0 Å². The Bertz CT molecular complexity index is 1180. The van der Waals surface area contributed by atoms with E-state index in [1.807, 2.05) is 43.3 Å². The first-order chi connectivity index (χ1) is 16.5. The van der Waals surface area contributed by atoms with Gasteiger partial charge in [0.2, 0.25) is 5.91 Å². The Labute approximate surface area is 199 Å². The van der Waals surface area contributed by atoms with Gasteiger partial charge in [0, 0.05) is 19.6 Å². The van der Waals surface area contributed by atoms with Gasteiger partial charge in [-0.25, -0.2) is 0 Å². The highest BCUT2D eigenvalue weighted by atomic mass is 16.3. The molecule has 0 aromatic heterocycles. The number of rotatable bonds is 7. The Morgan fingerprint density at radius 2 is 1.71 bits per heavy atom. The second kappa shape index (κ2) is 10.8. The first kappa shape index (κ1) is 23.3. The average molecular weight is 456 g/mol. The van der Waals surface area contributed by atoms with E-state index in [1.165, 1.54) is 11.1 Å². The normalized spacial score (nSPS) is 13.7. The summed E-state index contributed by atoms with van der Waals surface area (Å²) in [4.78, 5) is 27.6. The number of hydrogen-bond donors (Lipinski definition) is 3. The van der Waals surface area contributed by atoms with E-state index < -0.39 is 0 Å². The van der Waals surface area contributed by atoms with Crippen molar-refractivity contribution in [3.8, 4) is 5.75 Å². The molecule has 0 saturated heterocycles. The van der Waals surface area contributed by atoms with Gasteiger partial charge in [0.1, 0.15) is 5.75 Å². The van der Waals surface area contributed by atoms with Gasteiger partial charge < -0.3 is 15.7 Å². The summed E-state index contributed by atoms with van der Waals surface area (Å²) in [7, 11) is 0. The molecule has 34 heavy (non-hydrogen) atoms. The third-order valence-corrected chi connectivity index (χ3v) is 5.92. The standard InChI is InChI=1S/C28H29N3O3/c1-20-6-8-21(9-7-20)18-29-28(34)25-4-2-3-5-26(25)30-27(33)19-31-16-14-23(15-17-31)22-10-12-24(32)13-11-22/h2-14,32H,15-19H2,1H3,(H,29,34)(H,30,33). The molecule has 3 aromatic rings. The summed E-state index contributed by atoms with van der Waals surface area (Å²) in [5.41, 5.74) is 5.44. The molecule has 0 fully saturated rings. The molecule has 0 radical (unpaired) electrons. The van der Waals surface area contributed by atoms with Crippen LogP contribution in [0.1, 0.15) is 33.5 Å². The van der Waals surface area contributed by atoms with Gasteiger partial charge in [-0.2, -0.15) is 0 Å². The van der Waals surface area contributed by atoms with Crippen LogP contribution in [0.5, 0.6) is 5.75 Å². The number of carbonyl (C=O) groups excluding carboxylic acids is 2. The minimum Gasteiger partial charge on any atom is -0.508 e. The lowest BCUT2D eigenvalue weighted by Gasteiger charge is -2.26. The molecular formula is C28H29N3O3. The minimum absolute atomic E-state index is 0.153. The van der Waals surface area contributed by atoms with Crippen LogP contribution in [0, 0.1) is 6.92 Å². The Kier molecular flexibility index (Phi) is 7.40. The second-order valence-electron chi connectivity index (χ2n) is 8.52. The molecule has 0 saturated carbocycles. The number of benzene rings is 3. The number of carbonyl (C=O) groups is 2. The van der Waals surface area contributed by atoms with Gasteiger partial charge in [0.05, 0.1) is 17.8 Å². The van der Waals surface area contributed by atoms with Gasteiger partial charge in [-0.05, 0) is 54.3 Å².